The number of halogens is 1. The monoisotopic (exact) mass is 404 g/mol. The highest BCUT2D eigenvalue weighted by Gasteiger charge is 2.23. The van der Waals surface area contributed by atoms with Gasteiger partial charge >= 0.3 is 0 Å². The first-order chi connectivity index (χ1) is 12.1. The van der Waals surface area contributed by atoms with E-state index in [2.05, 4.69) is 38.3 Å². The van der Waals surface area contributed by atoms with Crippen LogP contribution in [0.4, 0.5) is 0 Å². The molecule has 0 bridgehead atoms. The zero-order valence-corrected chi connectivity index (χ0v) is 15.4. The second-order valence-electron chi connectivity index (χ2n) is 5.95. The SMILES string of the molecule is O=C(NC[C@H](c1ccccc1)N1CCOCC1)c1cc(Br)ccc1O. The van der Waals surface area contributed by atoms with E-state index in [0.717, 1.165) is 23.1 Å². The lowest BCUT2D eigenvalue weighted by molar-refractivity contribution is 0.0162. The summed E-state index contributed by atoms with van der Waals surface area (Å²) >= 11 is 3.33. The number of phenols is 1. The summed E-state index contributed by atoms with van der Waals surface area (Å²) in [5, 5.41) is 12.9. The lowest BCUT2D eigenvalue weighted by Gasteiger charge is -2.35. The highest BCUT2D eigenvalue weighted by atomic mass is 79.9. The van der Waals surface area contributed by atoms with Crippen LogP contribution in [0.5, 0.6) is 5.75 Å². The van der Waals surface area contributed by atoms with Gasteiger partial charge in [0.15, 0.2) is 0 Å². The van der Waals surface area contributed by atoms with Crippen molar-refractivity contribution in [2.75, 3.05) is 32.8 Å². The minimum absolute atomic E-state index is 0.0247. The molecular weight excluding hydrogens is 384 g/mol. The molecule has 0 spiro atoms. The molecule has 25 heavy (non-hydrogen) atoms. The van der Waals surface area contributed by atoms with Crippen LogP contribution in [0.1, 0.15) is 22.0 Å². The molecule has 0 radical (unpaired) electrons. The third-order valence-electron chi connectivity index (χ3n) is 4.33. The van der Waals surface area contributed by atoms with Gasteiger partial charge in [-0.1, -0.05) is 46.3 Å². The van der Waals surface area contributed by atoms with Crippen LogP contribution in [0.25, 0.3) is 0 Å². The molecule has 0 aliphatic carbocycles. The summed E-state index contributed by atoms with van der Waals surface area (Å²) < 4.78 is 6.20. The standard InChI is InChI=1S/C19H21BrN2O3/c20-15-6-7-18(23)16(12-15)19(24)21-13-17(14-4-2-1-3-5-14)22-8-10-25-11-9-22/h1-7,12,17,23H,8-11,13H2,(H,21,24)/t17-/m1/s1. The van der Waals surface area contributed by atoms with Gasteiger partial charge in [-0.15, -0.1) is 0 Å². The Morgan fingerprint density at radius 3 is 2.64 bits per heavy atom. The summed E-state index contributed by atoms with van der Waals surface area (Å²) in [6, 6.07) is 15.0. The van der Waals surface area contributed by atoms with E-state index in [0.29, 0.717) is 19.8 Å². The molecular formula is C19H21BrN2O3. The predicted octanol–water partition coefficient (Wildman–Crippen LogP) is 2.96. The summed E-state index contributed by atoms with van der Waals surface area (Å²) in [4.78, 5) is 14.8. The number of nitrogens with one attached hydrogen (secondary N) is 1. The van der Waals surface area contributed by atoms with Crippen LogP contribution in [0.2, 0.25) is 0 Å². The number of rotatable bonds is 5. The number of morpholine rings is 1. The Balaban J connectivity index is 1.74. The van der Waals surface area contributed by atoms with Gasteiger partial charge in [0.25, 0.3) is 5.91 Å². The average molecular weight is 405 g/mol. The highest BCUT2D eigenvalue weighted by molar-refractivity contribution is 9.10. The number of ether oxygens (including phenoxy) is 1. The van der Waals surface area contributed by atoms with E-state index < -0.39 is 0 Å². The van der Waals surface area contributed by atoms with Gasteiger partial charge < -0.3 is 15.2 Å². The summed E-state index contributed by atoms with van der Waals surface area (Å²) in [5.41, 5.74) is 1.42. The molecule has 1 aliphatic heterocycles. The fourth-order valence-corrected chi connectivity index (χ4v) is 3.36. The number of carbonyl (C=O) groups is 1. The van der Waals surface area contributed by atoms with E-state index in [9.17, 15) is 9.90 Å². The molecule has 1 amide bonds. The maximum atomic E-state index is 12.5. The second kappa shape index (κ2) is 8.47. The average Bonchev–Trinajstić information content (AvgIpc) is 2.65. The van der Waals surface area contributed by atoms with Crippen LogP contribution in [0.3, 0.4) is 0 Å². The highest BCUT2D eigenvalue weighted by Crippen LogP contribution is 2.23. The van der Waals surface area contributed by atoms with Gasteiger partial charge in [-0.05, 0) is 23.8 Å². The van der Waals surface area contributed by atoms with Crippen LogP contribution >= 0.6 is 15.9 Å². The van der Waals surface area contributed by atoms with Crippen molar-refractivity contribution in [3.8, 4) is 5.75 Å². The van der Waals surface area contributed by atoms with E-state index in [-0.39, 0.29) is 23.3 Å². The molecule has 5 nitrogen and oxygen atoms in total. The largest absolute Gasteiger partial charge is 0.507 e. The zero-order valence-electron chi connectivity index (χ0n) is 13.8. The maximum Gasteiger partial charge on any atom is 0.255 e. The van der Waals surface area contributed by atoms with Crippen LogP contribution < -0.4 is 5.32 Å². The van der Waals surface area contributed by atoms with Gasteiger partial charge in [-0.2, -0.15) is 0 Å². The Kier molecular flexibility index (Phi) is 6.07. The second-order valence-corrected chi connectivity index (χ2v) is 6.86. The van der Waals surface area contributed by atoms with Crippen molar-refractivity contribution in [3.63, 3.8) is 0 Å². The predicted molar refractivity (Wildman–Crippen MR) is 99.7 cm³/mol. The van der Waals surface area contributed by atoms with Crippen molar-refractivity contribution in [1.82, 2.24) is 10.2 Å². The molecule has 0 saturated carbocycles. The number of benzene rings is 2. The molecule has 0 unspecified atom stereocenters. The fraction of sp³-hybridized carbons (Fsp3) is 0.316. The number of amides is 1. The normalized spacial score (nSPS) is 16.4. The molecule has 3 rings (SSSR count). The van der Waals surface area contributed by atoms with Crippen molar-refractivity contribution < 1.29 is 14.6 Å². The number of hydrogen-bond acceptors (Lipinski definition) is 4. The minimum Gasteiger partial charge on any atom is -0.507 e. The lowest BCUT2D eigenvalue weighted by atomic mass is 10.0. The Morgan fingerprint density at radius 2 is 1.92 bits per heavy atom. The van der Waals surface area contributed by atoms with Crippen molar-refractivity contribution >= 4 is 21.8 Å². The Labute approximate surface area is 155 Å². The molecule has 132 valence electrons. The topological polar surface area (TPSA) is 61.8 Å². The molecule has 1 fully saturated rings. The van der Waals surface area contributed by atoms with E-state index >= 15 is 0 Å². The van der Waals surface area contributed by atoms with Crippen molar-refractivity contribution in [1.29, 1.82) is 0 Å². The van der Waals surface area contributed by atoms with E-state index in [1.807, 2.05) is 18.2 Å². The molecule has 1 aliphatic rings. The number of carbonyl (C=O) groups excluding carboxylic acids is 1. The number of nitrogens with zero attached hydrogens (tertiary/aromatic N) is 1. The molecule has 6 heteroatoms. The van der Waals surface area contributed by atoms with E-state index in [4.69, 9.17) is 4.74 Å². The summed E-state index contributed by atoms with van der Waals surface area (Å²) in [7, 11) is 0. The zero-order chi connectivity index (χ0) is 17.6. The van der Waals surface area contributed by atoms with Gasteiger partial charge in [0.05, 0.1) is 24.8 Å². The van der Waals surface area contributed by atoms with Crippen LogP contribution in [0.15, 0.2) is 53.0 Å². The van der Waals surface area contributed by atoms with Gasteiger partial charge in [0.1, 0.15) is 5.75 Å². The first kappa shape index (κ1) is 17.9. The van der Waals surface area contributed by atoms with Crippen molar-refractivity contribution in [3.05, 3.63) is 64.1 Å². The molecule has 1 heterocycles. The van der Waals surface area contributed by atoms with E-state index in [1.54, 1.807) is 12.1 Å². The third-order valence-corrected chi connectivity index (χ3v) is 4.82. The minimum atomic E-state index is -0.284. The first-order valence-corrected chi connectivity index (χ1v) is 9.08. The smallest absolute Gasteiger partial charge is 0.255 e. The molecule has 2 N–H and O–H groups in total. The number of aromatic hydroxyl groups is 1. The fourth-order valence-electron chi connectivity index (χ4n) is 3.00. The summed E-state index contributed by atoms with van der Waals surface area (Å²) in [6.07, 6.45) is 0. The molecule has 1 saturated heterocycles. The van der Waals surface area contributed by atoms with Gasteiger partial charge in [0, 0.05) is 24.1 Å². The van der Waals surface area contributed by atoms with Crippen LogP contribution in [0, 0.1) is 0 Å². The molecule has 0 aromatic heterocycles. The van der Waals surface area contributed by atoms with E-state index in [1.165, 1.54) is 6.07 Å². The third kappa shape index (κ3) is 4.60. The Bertz CT molecular complexity index is 718. The molecule has 2 aromatic carbocycles. The van der Waals surface area contributed by atoms with Gasteiger partial charge in [0.2, 0.25) is 0 Å². The molecule has 2 aromatic rings. The van der Waals surface area contributed by atoms with Gasteiger partial charge in [-0.25, -0.2) is 0 Å². The maximum absolute atomic E-state index is 12.5. The quantitative estimate of drug-likeness (QED) is 0.803. The lowest BCUT2D eigenvalue weighted by Crippen LogP contribution is -2.43. The van der Waals surface area contributed by atoms with Gasteiger partial charge in [-0.3, -0.25) is 9.69 Å². The number of hydrogen-bond donors (Lipinski definition) is 2. The summed E-state index contributed by atoms with van der Waals surface area (Å²) in [5.74, 6) is -0.309. The van der Waals surface area contributed by atoms with Crippen LogP contribution in [-0.4, -0.2) is 48.8 Å². The first-order valence-electron chi connectivity index (χ1n) is 8.28. The Morgan fingerprint density at radius 1 is 1.20 bits per heavy atom. The van der Waals surface area contributed by atoms with Crippen molar-refractivity contribution in [2.24, 2.45) is 0 Å². The van der Waals surface area contributed by atoms with Crippen molar-refractivity contribution in [2.45, 2.75) is 6.04 Å². The van der Waals surface area contributed by atoms with Crippen LogP contribution in [-0.2, 0) is 4.74 Å². The number of phenolic OH excluding ortho intramolecular Hbond substituents is 1. The molecule has 1 atom stereocenters. The Hall–Kier alpha value is -1.89. The summed E-state index contributed by atoms with van der Waals surface area (Å²) in [6.45, 7) is 3.53.